The van der Waals surface area contributed by atoms with E-state index in [9.17, 15) is 18.0 Å². The lowest BCUT2D eigenvalue weighted by Crippen LogP contribution is -2.49. The van der Waals surface area contributed by atoms with E-state index in [4.69, 9.17) is 4.42 Å². The molecule has 0 saturated carbocycles. The second-order valence-electron chi connectivity index (χ2n) is 8.12. The summed E-state index contributed by atoms with van der Waals surface area (Å²) >= 11 is 0. The Morgan fingerprint density at radius 3 is 2.50 bits per heavy atom. The van der Waals surface area contributed by atoms with Crippen LogP contribution < -0.4 is 4.90 Å². The summed E-state index contributed by atoms with van der Waals surface area (Å²) < 4.78 is 45.6. The summed E-state index contributed by atoms with van der Waals surface area (Å²) in [6, 6.07) is 7.64. The van der Waals surface area contributed by atoms with Crippen molar-refractivity contribution in [2.75, 3.05) is 31.1 Å². The highest BCUT2D eigenvalue weighted by Crippen LogP contribution is 2.30. The van der Waals surface area contributed by atoms with Crippen LogP contribution in [0.15, 0.2) is 47.2 Å². The highest BCUT2D eigenvalue weighted by Gasteiger charge is 2.31. The molecule has 4 aromatic heterocycles. The number of hydrogen-bond donors (Lipinski definition) is 0. The number of alkyl halides is 3. The van der Waals surface area contributed by atoms with E-state index in [1.165, 1.54) is 6.07 Å². The summed E-state index contributed by atoms with van der Waals surface area (Å²) in [5.41, 5.74) is 1.53. The zero-order valence-electron chi connectivity index (χ0n) is 18.5. The summed E-state index contributed by atoms with van der Waals surface area (Å²) in [7, 11) is 1.78. The maximum Gasteiger partial charge on any atom is 0.417 e. The number of aromatic nitrogens is 4. The van der Waals surface area contributed by atoms with Gasteiger partial charge < -0.3 is 14.2 Å². The first-order valence-corrected chi connectivity index (χ1v) is 10.7. The summed E-state index contributed by atoms with van der Waals surface area (Å²) in [5.74, 6) is 0.846. The van der Waals surface area contributed by atoms with Gasteiger partial charge in [-0.05, 0) is 37.3 Å². The van der Waals surface area contributed by atoms with Crippen LogP contribution in [0.3, 0.4) is 0 Å². The molecule has 0 atom stereocenters. The largest absolute Gasteiger partial charge is 0.463 e. The minimum Gasteiger partial charge on any atom is -0.463 e. The fourth-order valence-corrected chi connectivity index (χ4v) is 4.21. The van der Waals surface area contributed by atoms with E-state index in [1.54, 1.807) is 41.1 Å². The standard InChI is InChI=1S/C23H21F3N6O2/c1-14-20-16(12-17(18-4-3-11-34-18)28-21(20)30(2)29-14)22(33)32-9-7-31(8-10-32)19-6-5-15(13-27-19)23(24,25)26/h3-6,11-13H,7-10H2,1-2H3. The van der Waals surface area contributed by atoms with Gasteiger partial charge in [0.05, 0.1) is 28.5 Å². The van der Waals surface area contributed by atoms with Crippen LogP contribution in [-0.2, 0) is 13.2 Å². The van der Waals surface area contributed by atoms with Crippen LogP contribution in [0, 0.1) is 6.92 Å². The molecule has 0 radical (unpaired) electrons. The second kappa shape index (κ2) is 8.15. The van der Waals surface area contributed by atoms with Gasteiger partial charge in [0.25, 0.3) is 5.91 Å². The lowest BCUT2D eigenvalue weighted by molar-refractivity contribution is -0.137. The molecule has 0 spiro atoms. The van der Waals surface area contributed by atoms with Crippen LogP contribution in [0.25, 0.3) is 22.5 Å². The molecule has 1 aliphatic rings. The number of nitrogens with zero attached hydrogens (tertiary/aromatic N) is 6. The number of halogens is 3. The van der Waals surface area contributed by atoms with Gasteiger partial charge in [0.1, 0.15) is 11.5 Å². The van der Waals surface area contributed by atoms with Gasteiger partial charge >= 0.3 is 6.18 Å². The molecule has 5 heterocycles. The summed E-state index contributed by atoms with van der Waals surface area (Å²) in [6.45, 7) is 3.55. The molecule has 0 aliphatic carbocycles. The van der Waals surface area contributed by atoms with E-state index in [0.29, 0.717) is 65.7 Å². The molecule has 176 valence electrons. The third-order valence-corrected chi connectivity index (χ3v) is 5.94. The van der Waals surface area contributed by atoms with Gasteiger partial charge in [-0.15, -0.1) is 0 Å². The lowest BCUT2D eigenvalue weighted by atomic mass is 10.1. The minimum absolute atomic E-state index is 0.156. The first-order valence-electron chi connectivity index (χ1n) is 10.7. The van der Waals surface area contributed by atoms with Crippen LogP contribution in [0.4, 0.5) is 19.0 Å². The topological polar surface area (TPSA) is 80.3 Å². The van der Waals surface area contributed by atoms with Gasteiger partial charge in [-0.25, -0.2) is 9.97 Å². The summed E-state index contributed by atoms with van der Waals surface area (Å²) in [4.78, 5) is 25.8. The van der Waals surface area contributed by atoms with E-state index < -0.39 is 11.7 Å². The molecule has 0 N–H and O–H groups in total. The monoisotopic (exact) mass is 470 g/mol. The molecule has 1 amide bonds. The van der Waals surface area contributed by atoms with Crippen molar-refractivity contribution in [1.29, 1.82) is 0 Å². The van der Waals surface area contributed by atoms with E-state index in [-0.39, 0.29) is 5.91 Å². The molecule has 0 bridgehead atoms. The SMILES string of the molecule is Cc1nn(C)c2nc(-c3ccco3)cc(C(=O)N3CCN(c4ccc(C(F)(F)F)cn4)CC3)c12. The maximum atomic E-state index is 13.6. The Kier molecular flexibility index (Phi) is 5.26. The lowest BCUT2D eigenvalue weighted by Gasteiger charge is -2.35. The van der Waals surface area contributed by atoms with Crippen molar-refractivity contribution in [1.82, 2.24) is 24.6 Å². The number of carbonyl (C=O) groups excluding carboxylic acids is 1. The fraction of sp³-hybridized carbons (Fsp3) is 0.304. The van der Waals surface area contributed by atoms with Crippen LogP contribution in [0.1, 0.15) is 21.6 Å². The van der Waals surface area contributed by atoms with Gasteiger partial charge in [0, 0.05) is 39.4 Å². The Labute approximate surface area is 192 Å². The quantitative estimate of drug-likeness (QED) is 0.452. The summed E-state index contributed by atoms with van der Waals surface area (Å²) in [6.07, 6.45) is -2.04. The molecule has 1 aliphatic heterocycles. The number of rotatable bonds is 3. The number of aryl methyl sites for hydroxylation is 2. The van der Waals surface area contributed by atoms with Crippen molar-refractivity contribution in [2.45, 2.75) is 13.1 Å². The molecular formula is C23H21F3N6O2. The van der Waals surface area contributed by atoms with Crippen molar-refractivity contribution in [3.63, 3.8) is 0 Å². The molecule has 0 aromatic carbocycles. The first kappa shape index (κ1) is 21.9. The van der Waals surface area contributed by atoms with Gasteiger partial charge in [-0.2, -0.15) is 18.3 Å². The van der Waals surface area contributed by atoms with E-state index in [2.05, 4.69) is 15.1 Å². The van der Waals surface area contributed by atoms with Crippen molar-refractivity contribution in [2.24, 2.45) is 7.05 Å². The second-order valence-corrected chi connectivity index (χ2v) is 8.12. The Bertz CT molecular complexity index is 1340. The molecule has 34 heavy (non-hydrogen) atoms. The Morgan fingerprint density at radius 1 is 1.12 bits per heavy atom. The molecular weight excluding hydrogens is 449 g/mol. The third-order valence-electron chi connectivity index (χ3n) is 5.94. The first-order chi connectivity index (χ1) is 16.2. The minimum atomic E-state index is -4.43. The Hall–Kier alpha value is -3.89. The molecule has 0 unspecified atom stereocenters. The van der Waals surface area contributed by atoms with Crippen molar-refractivity contribution in [3.05, 3.63) is 59.6 Å². The number of hydrogen-bond acceptors (Lipinski definition) is 6. The highest BCUT2D eigenvalue weighted by molar-refractivity contribution is 6.07. The Morgan fingerprint density at radius 2 is 1.88 bits per heavy atom. The van der Waals surface area contributed by atoms with Gasteiger partial charge in [-0.3, -0.25) is 9.48 Å². The smallest absolute Gasteiger partial charge is 0.417 e. The molecule has 4 aromatic rings. The normalized spacial score (nSPS) is 14.7. The van der Waals surface area contributed by atoms with Crippen LogP contribution in [0.5, 0.6) is 0 Å². The van der Waals surface area contributed by atoms with Crippen LogP contribution in [0.2, 0.25) is 0 Å². The number of carbonyl (C=O) groups is 1. The number of piperazine rings is 1. The average molecular weight is 470 g/mol. The predicted molar refractivity (Wildman–Crippen MR) is 118 cm³/mol. The zero-order valence-corrected chi connectivity index (χ0v) is 18.5. The fourth-order valence-electron chi connectivity index (χ4n) is 4.21. The van der Waals surface area contributed by atoms with Gasteiger partial charge in [0.15, 0.2) is 11.4 Å². The molecule has 5 rings (SSSR count). The predicted octanol–water partition coefficient (Wildman–Crippen LogP) is 3.91. The third kappa shape index (κ3) is 3.87. The molecule has 1 saturated heterocycles. The number of amides is 1. The molecule has 1 fully saturated rings. The Balaban J connectivity index is 1.39. The van der Waals surface area contributed by atoms with Gasteiger partial charge in [-0.1, -0.05) is 0 Å². The van der Waals surface area contributed by atoms with E-state index >= 15 is 0 Å². The number of anilines is 1. The highest BCUT2D eigenvalue weighted by atomic mass is 19.4. The number of pyridine rings is 2. The number of fused-ring (bicyclic) bond motifs is 1. The van der Waals surface area contributed by atoms with Crippen molar-refractivity contribution >= 4 is 22.8 Å². The van der Waals surface area contributed by atoms with Crippen LogP contribution in [-0.4, -0.2) is 56.7 Å². The van der Waals surface area contributed by atoms with Gasteiger partial charge in [0.2, 0.25) is 0 Å². The van der Waals surface area contributed by atoms with Crippen molar-refractivity contribution < 1.29 is 22.4 Å². The average Bonchev–Trinajstić information content (AvgIpc) is 3.46. The van der Waals surface area contributed by atoms with Crippen LogP contribution >= 0.6 is 0 Å². The maximum absolute atomic E-state index is 13.6. The molecule has 8 nitrogen and oxygen atoms in total. The van der Waals surface area contributed by atoms with E-state index in [1.807, 2.05) is 11.8 Å². The van der Waals surface area contributed by atoms with Crippen molar-refractivity contribution in [3.8, 4) is 11.5 Å². The number of furan rings is 1. The summed E-state index contributed by atoms with van der Waals surface area (Å²) in [5, 5.41) is 5.12. The zero-order chi connectivity index (χ0) is 24.0. The molecule has 11 heteroatoms. The van der Waals surface area contributed by atoms with E-state index in [0.717, 1.165) is 12.3 Å².